The van der Waals surface area contributed by atoms with Gasteiger partial charge in [0, 0.05) is 19.1 Å². The molecule has 4 nitrogen and oxygen atoms in total. The number of aromatic nitrogens is 1. The van der Waals surface area contributed by atoms with Crippen molar-refractivity contribution in [1.29, 1.82) is 0 Å². The lowest BCUT2D eigenvalue weighted by atomic mass is 9.93. The van der Waals surface area contributed by atoms with E-state index in [-0.39, 0.29) is 0 Å². The highest BCUT2D eigenvalue weighted by atomic mass is 16.5. The Labute approximate surface area is 102 Å². The van der Waals surface area contributed by atoms with E-state index in [1.54, 1.807) is 0 Å². The van der Waals surface area contributed by atoms with Crippen molar-refractivity contribution in [2.45, 2.75) is 25.3 Å². The largest absolute Gasteiger partial charge is 0.381 e. The lowest BCUT2D eigenvalue weighted by molar-refractivity contribution is 0.122. The smallest absolute Gasteiger partial charge is 0.128 e. The minimum Gasteiger partial charge on any atom is -0.381 e. The summed E-state index contributed by atoms with van der Waals surface area (Å²) in [6.07, 6.45) is 5.90. The molecule has 92 valence electrons. The van der Waals surface area contributed by atoms with Crippen LogP contribution in [0.5, 0.6) is 0 Å². The number of ether oxygens (including phenoxy) is 1. The van der Waals surface area contributed by atoms with Gasteiger partial charge in [-0.25, -0.2) is 4.98 Å². The van der Waals surface area contributed by atoms with Crippen LogP contribution in [0.4, 0.5) is 11.5 Å². The summed E-state index contributed by atoms with van der Waals surface area (Å²) in [6, 6.07) is 4.91. The monoisotopic (exact) mass is 233 g/mol. The average Bonchev–Trinajstić information content (AvgIpc) is 2.36. The first-order valence-electron chi connectivity index (χ1n) is 6.47. The molecule has 1 aromatic rings. The molecule has 0 atom stereocenters. The Bertz CT molecular complexity index is 355. The zero-order valence-corrected chi connectivity index (χ0v) is 10.1. The summed E-state index contributed by atoms with van der Waals surface area (Å²) in [7, 11) is 0. The molecule has 1 saturated carbocycles. The summed E-state index contributed by atoms with van der Waals surface area (Å²) in [5.41, 5.74) is 1.15. The number of pyridine rings is 1. The van der Waals surface area contributed by atoms with E-state index in [9.17, 15) is 0 Å². The summed E-state index contributed by atoms with van der Waals surface area (Å²) in [4.78, 5) is 6.80. The predicted molar refractivity (Wildman–Crippen MR) is 68.5 cm³/mol. The van der Waals surface area contributed by atoms with Crippen LogP contribution in [-0.2, 0) is 4.74 Å². The maximum absolute atomic E-state index is 5.34. The van der Waals surface area contributed by atoms with Gasteiger partial charge in [0.1, 0.15) is 5.82 Å². The Morgan fingerprint density at radius 3 is 2.65 bits per heavy atom. The van der Waals surface area contributed by atoms with E-state index < -0.39 is 0 Å². The van der Waals surface area contributed by atoms with E-state index in [4.69, 9.17) is 4.74 Å². The van der Waals surface area contributed by atoms with Crippen molar-refractivity contribution in [3.05, 3.63) is 18.3 Å². The van der Waals surface area contributed by atoms with Gasteiger partial charge in [0.05, 0.1) is 25.1 Å². The zero-order valence-electron chi connectivity index (χ0n) is 10.1. The number of anilines is 2. The molecule has 0 radical (unpaired) electrons. The molecule has 0 amide bonds. The summed E-state index contributed by atoms with van der Waals surface area (Å²) in [6.45, 7) is 3.51. The molecule has 1 N–H and O–H groups in total. The zero-order chi connectivity index (χ0) is 11.5. The third-order valence-electron chi connectivity index (χ3n) is 3.56. The molecular weight excluding hydrogens is 214 g/mol. The molecule has 0 aromatic carbocycles. The van der Waals surface area contributed by atoms with Crippen molar-refractivity contribution in [3.8, 4) is 0 Å². The van der Waals surface area contributed by atoms with E-state index in [1.807, 2.05) is 6.20 Å². The van der Waals surface area contributed by atoms with Crippen LogP contribution in [0.2, 0.25) is 0 Å². The molecule has 1 saturated heterocycles. The standard InChI is InChI=1S/C13H19N3O/c1-2-11(3-1)15-12-4-5-13(14-10-12)16-6-8-17-9-7-16/h4-5,10-11,15H,1-3,6-9H2. The number of nitrogens with zero attached hydrogens (tertiary/aromatic N) is 2. The Kier molecular flexibility index (Phi) is 3.14. The summed E-state index contributed by atoms with van der Waals surface area (Å²) >= 11 is 0. The second-order valence-electron chi connectivity index (χ2n) is 4.78. The highest BCUT2D eigenvalue weighted by Crippen LogP contribution is 2.23. The molecule has 0 unspecified atom stereocenters. The van der Waals surface area contributed by atoms with Crippen molar-refractivity contribution >= 4 is 11.5 Å². The fourth-order valence-corrected chi connectivity index (χ4v) is 2.24. The minimum absolute atomic E-state index is 0.672. The van der Waals surface area contributed by atoms with Crippen LogP contribution < -0.4 is 10.2 Å². The fraction of sp³-hybridized carbons (Fsp3) is 0.615. The molecule has 2 heterocycles. The number of morpholine rings is 1. The molecule has 4 heteroatoms. The number of hydrogen-bond donors (Lipinski definition) is 1. The average molecular weight is 233 g/mol. The molecule has 3 rings (SSSR count). The van der Waals surface area contributed by atoms with Gasteiger partial charge in [0.15, 0.2) is 0 Å². The molecule has 1 aromatic heterocycles. The maximum atomic E-state index is 5.34. The normalized spacial score (nSPS) is 21.1. The molecule has 2 aliphatic rings. The molecular formula is C13H19N3O. The van der Waals surface area contributed by atoms with E-state index in [0.717, 1.165) is 37.8 Å². The van der Waals surface area contributed by atoms with Crippen molar-refractivity contribution in [2.24, 2.45) is 0 Å². The molecule has 2 fully saturated rings. The first-order valence-corrected chi connectivity index (χ1v) is 6.47. The van der Waals surface area contributed by atoms with Crippen LogP contribution in [0.3, 0.4) is 0 Å². The van der Waals surface area contributed by atoms with Crippen LogP contribution in [0, 0.1) is 0 Å². The van der Waals surface area contributed by atoms with E-state index in [2.05, 4.69) is 27.3 Å². The van der Waals surface area contributed by atoms with Gasteiger partial charge in [-0.05, 0) is 31.4 Å². The second-order valence-corrected chi connectivity index (χ2v) is 4.78. The van der Waals surface area contributed by atoms with Crippen molar-refractivity contribution in [2.75, 3.05) is 36.5 Å². The van der Waals surface area contributed by atoms with Crippen molar-refractivity contribution in [1.82, 2.24) is 4.98 Å². The van der Waals surface area contributed by atoms with Crippen molar-refractivity contribution in [3.63, 3.8) is 0 Å². The number of hydrogen-bond acceptors (Lipinski definition) is 4. The maximum Gasteiger partial charge on any atom is 0.128 e. The van der Waals surface area contributed by atoms with Crippen molar-refractivity contribution < 1.29 is 4.74 Å². The third-order valence-corrected chi connectivity index (χ3v) is 3.56. The number of rotatable bonds is 3. The van der Waals surface area contributed by atoms with Crippen LogP contribution in [0.1, 0.15) is 19.3 Å². The van der Waals surface area contributed by atoms with E-state index in [1.165, 1.54) is 19.3 Å². The van der Waals surface area contributed by atoms with Crippen LogP contribution in [0.15, 0.2) is 18.3 Å². The van der Waals surface area contributed by atoms with E-state index in [0.29, 0.717) is 6.04 Å². The summed E-state index contributed by atoms with van der Waals surface area (Å²) < 4.78 is 5.34. The molecule has 1 aliphatic carbocycles. The fourth-order valence-electron chi connectivity index (χ4n) is 2.24. The molecule has 1 aliphatic heterocycles. The van der Waals surface area contributed by atoms with Gasteiger partial charge < -0.3 is 15.0 Å². The SMILES string of the molecule is c1cc(N2CCOCC2)ncc1NC1CCC1. The molecule has 0 spiro atoms. The first kappa shape index (κ1) is 10.8. The predicted octanol–water partition coefficient (Wildman–Crippen LogP) is 1.88. The van der Waals surface area contributed by atoms with Crippen LogP contribution >= 0.6 is 0 Å². The molecule has 17 heavy (non-hydrogen) atoms. The highest BCUT2D eigenvalue weighted by molar-refractivity contribution is 5.49. The first-order chi connectivity index (χ1) is 8.42. The molecule has 0 bridgehead atoms. The Hall–Kier alpha value is -1.29. The third kappa shape index (κ3) is 2.52. The van der Waals surface area contributed by atoms with Crippen LogP contribution in [0.25, 0.3) is 0 Å². The van der Waals surface area contributed by atoms with Gasteiger partial charge in [-0.15, -0.1) is 0 Å². The van der Waals surface area contributed by atoms with Gasteiger partial charge in [-0.3, -0.25) is 0 Å². The highest BCUT2D eigenvalue weighted by Gasteiger charge is 2.17. The summed E-state index contributed by atoms with van der Waals surface area (Å²) in [5.74, 6) is 1.06. The lowest BCUT2D eigenvalue weighted by Gasteiger charge is -2.29. The lowest BCUT2D eigenvalue weighted by Crippen LogP contribution is -2.36. The Balaban J connectivity index is 1.62. The van der Waals surface area contributed by atoms with Gasteiger partial charge in [-0.2, -0.15) is 0 Å². The van der Waals surface area contributed by atoms with E-state index >= 15 is 0 Å². The minimum atomic E-state index is 0.672. The van der Waals surface area contributed by atoms with Gasteiger partial charge in [-0.1, -0.05) is 0 Å². The second kappa shape index (κ2) is 4.92. The van der Waals surface area contributed by atoms with Gasteiger partial charge in [0.25, 0.3) is 0 Å². The summed E-state index contributed by atoms with van der Waals surface area (Å²) in [5, 5.41) is 3.50. The Morgan fingerprint density at radius 2 is 2.06 bits per heavy atom. The quantitative estimate of drug-likeness (QED) is 0.865. The van der Waals surface area contributed by atoms with Gasteiger partial charge in [0.2, 0.25) is 0 Å². The number of nitrogens with one attached hydrogen (secondary N) is 1. The van der Waals surface area contributed by atoms with Crippen LogP contribution in [-0.4, -0.2) is 37.3 Å². The van der Waals surface area contributed by atoms with Gasteiger partial charge >= 0.3 is 0 Å². The topological polar surface area (TPSA) is 37.4 Å². The Morgan fingerprint density at radius 1 is 1.24 bits per heavy atom.